The van der Waals surface area contributed by atoms with Crippen molar-refractivity contribution >= 4 is 44.7 Å². The van der Waals surface area contributed by atoms with Crippen molar-refractivity contribution in [2.75, 3.05) is 28.0 Å². The smallest absolute Gasteiger partial charge is 0.261 e. The van der Waals surface area contributed by atoms with Gasteiger partial charge in [0.1, 0.15) is 5.82 Å². The van der Waals surface area contributed by atoms with Gasteiger partial charge < -0.3 is 10.2 Å². The van der Waals surface area contributed by atoms with E-state index < -0.39 is 10.0 Å². The van der Waals surface area contributed by atoms with Gasteiger partial charge in [0.25, 0.3) is 15.9 Å². The van der Waals surface area contributed by atoms with Gasteiger partial charge in [0.05, 0.1) is 27.5 Å². The first-order chi connectivity index (χ1) is 15.4. The van der Waals surface area contributed by atoms with Crippen molar-refractivity contribution in [2.24, 2.45) is 0 Å². The lowest BCUT2D eigenvalue weighted by atomic mass is 10.1. The maximum atomic E-state index is 12.6. The average molecular weight is 471 g/mol. The molecule has 0 radical (unpaired) electrons. The summed E-state index contributed by atoms with van der Waals surface area (Å²) >= 11 is 6.03. The molecule has 0 saturated carbocycles. The summed E-state index contributed by atoms with van der Waals surface area (Å²) in [7, 11) is -3.83. The highest BCUT2D eigenvalue weighted by Gasteiger charge is 2.17. The van der Waals surface area contributed by atoms with Crippen LogP contribution in [0.2, 0.25) is 5.02 Å². The molecule has 0 unspecified atom stereocenters. The van der Waals surface area contributed by atoms with Crippen LogP contribution in [-0.2, 0) is 10.0 Å². The van der Waals surface area contributed by atoms with E-state index in [1.165, 1.54) is 43.5 Å². The van der Waals surface area contributed by atoms with E-state index in [1.807, 2.05) is 12.1 Å². The normalized spacial score (nSPS) is 14.1. The van der Waals surface area contributed by atoms with Crippen molar-refractivity contribution in [1.82, 2.24) is 4.98 Å². The lowest BCUT2D eigenvalue weighted by Crippen LogP contribution is -2.30. The molecule has 1 saturated heterocycles. The van der Waals surface area contributed by atoms with Crippen molar-refractivity contribution in [3.05, 3.63) is 77.4 Å². The summed E-state index contributed by atoms with van der Waals surface area (Å²) in [6.45, 7) is 2.00. The number of nitrogens with zero attached hydrogens (tertiary/aromatic N) is 2. The fourth-order valence-corrected chi connectivity index (χ4v) is 4.83. The van der Waals surface area contributed by atoms with E-state index in [9.17, 15) is 13.2 Å². The van der Waals surface area contributed by atoms with E-state index in [1.54, 1.807) is 30.5 Å². The molecule has 1 aromatic heterocycles. The molecule has 0 spiro atoms. The van der Waals surface area contributed by atoms with Crippen LogP contribution >= 0.6 is 11.6 Å². The predicted octanol–water partition coefficient (Wildman–Crippen LogP) is 4.78. The molecule has 2 aromatic carbocycles. The quantitative estimate of drug-likeness (QED) is 0.541. The molecule has 3 aromatic rings. The first-order valence-corrected chi connectivity index (χ1v) is 12.2. The van der Waals surface area contributed by atoms with Crippen LogP contribution in [-0.4, -0.2) is 32.4 Å². The van der Waals surface area contributed by atoms with Crippen molar-refractivity contribution in [2.45, 2.75) is 24.2 Å². The summed E-state index contributed by atoms with van der Waals surface area (Å²) in [5, 5.41) is 3.09. The molecular formula is C23H23ClN4O3S. The highest BCUT2D eigenvalue weighted by Crippen LogP contribution is 2.24. The number of hydrogen-bond donors (Lipinski definition) is 2. The molecule has 0 atom stereocenters. The lowest BCUT2D eigenvalue weighted by Gasteiger charge is -2.27. The second kappa shape index (κ2) is 9.58. The Labute approximate surface area is 192 Å². The number of sulfonamides is 1. The summed E-state index contributed by atoms with van der Waals surface area (Å²) in [4.78, 5) is 19.3. The number of nitrogens with one attached hydrogen (secondary N) is 2. The van der Waals surface area contributed by atoms with E-state index >= 15 is 0 Å². The van der Waals surface area contributed by atoms with Crippen LogP contribution < -0.4 is 14.9 Å². The number of piperidine rings is 1. The van der Waals surface area contributed by atoms with E-state index in [2.05, 4.69) is 19.9 Å². The monoisotopic (exact) mass is 470 g/mol. The first-order valence-electron chi connectivity index (χ1n) is 10.3. The van der Waals surface area contributed by atoms with Gasteiger partial charge in [-0.3, -0.25) is 9.52 Å². The van der Waals surface area contributed by atoms with Crippen LogP contribution in [0.25, 0.3) is 0 Å². The van der Waals surface area contributed by atoms with Crippen molar-refractivity contribution < 1.29 is 13.2 Å². The molecule has 0 bridgehead atoms. The molecule has 7 nitrogen and oxygen atoms in total. The number of benzene rings is 2. The molecular weight excluding hydrogens is 448 g/mol. The predicted molar refractivity (Wildman–Crippen MR) is 127 cm³/mol. The van der Waals surface area contributed by atoms with Crippen molar-refractivity contribution in [3.63, 3.8) is 0 Å². The van der Waals surface area contributed by atoms with Crippen LogP contribution in [0.15, 0.2) is 71.8 Å². The van der Waals surface area contributed by atoms with Gasteiger partial charge in [0.15, 0.2) is 0 Å². The van der Waals surface area contributed by atoms with Crippen LogP contribution in [0.5, 0.6) is 0 Å². The molecule has 2 N–H and O–H groups in total. The molecule has 2 heterocycles. The molecule has 9 heteroatoms. The Balaban J connectivity index is 1.41. The standard InChI is InChI=1S/C23H23ClN4O3S/c24-20-6-2-3-7-21(20)27-32(30,31)19-11-8-17(9-12-19)23(29)26-18-10-13-22(25-16-18)28-14-4-1-5-15-28/h2-3,6-13,16,27H,1,4-5,14-15H2,(H,26,29). The number of aromatic nitrogens is 1. The number of pyridine rings is 1. The number of para-hydroxylation sites is 1. The minimum Gasteiger partial charge on any atom is -0.357 e. The van der Waals surface area contributed by atoms with Crippen LogP contribution in [0.4, 0.5) is 17.2 Å². The van der Waals surface area contributed by atoms with Gasteiger partial charge in [-0.25, -0.2) is 13.4 Å². The highest BCUT2D eigenvalue weighted by atomic mass is 35.5. The van der Waals surface area contributed by atoms with E-state index in [0.717, 1.165) is 18.9 Å². The number of carbonyl (C=O) groups is 1. The van der Waals surface area contributed by atoms with E-state index in [4.69, 9.17) is 11.6 Å². The van der Waals surface area contributed by atoms with Crippen molar-refractivity contribution in [3.8, 4) is 0 Å². The Bertz CT molecular complexity index is 1190. The molecule has 1 amide bonds. The maximum Gasteiger partial charge on any atom is 0.261 e. The molecule has 1 fully saturated rings. The fraction of sp³-hybridized carbons (Fsp3) is 0.217. The largest absolute Gasteiger partial charge is 0.357 e. The Kier molecular flexibility index (Phi) is 6.62. The third-order valence-electron chi connectivity index (χ3n) is 5.23. The van der Waals surface area contributed by atoms with Gasteiger partial charge in [-0.1, -0.05) is 23.7 Å². The van der Waals surface area contributed by atoms with E-state index in [0.29, 0.717) is 16.3 Å². The Morgan fingerprint density at radius 3 is 2.31 bits per heavy atom. The topological polar surface area (TPSA) is 91.4 Å². The number of hydrogen-bond acceptors (Lipinski definition) is 5. The zero-order valence-electron chi connectivity index (χ0n) is 17.3. The zero-order valence-corrected chi connectivity index (χ0v) is 18.9. The number of rotatable bonds is 6. The third kappa shape index (κ3) is 5.20. The Morgan fingerprint density at radius 1 is 0.938 bits per heavy atom. The van der Waals surface area contributed by atoms with Crippen LogP contribution in [0, 0.1) is 0 Å². The van der Waals surface area contributed by atoms with Gasteiger partial charge in [0.2, 0.25) is 0 Å². The number of anilines is 3. The SMILES string of the molecule is O=C(Nc1ccc(N2CCCCC2)nc1)c1ccc(S(=O)(=O)Nc2ccccc2Cl)cc1. The van der Waals surface area contributed by atoms with Gasteiger partial charge in [-0.2, -0.15) is 0 Å². The number of halogens is 1. The molecule has 0 aliphatic carbocycles. The molecule has 32 heavy (non-hydrogen) atoms. The molecule has 166 valence electrons. The lowest BCUT2D eigenvalue weighted by molar-refractivity contribution is 0.102. The van der Waals surface area contributed by atoms with Gasteiger partial charge >= 0.3 is 0 Å². The molecule has 1 aliphatic heterocycles. The number of amides is 1. The third-order valence-corrected chi connectivity index (χ3v) is 6.94. The summed E-state index contributed by atoms with van der Waals surface area (Å²) in [6.07, 6.45) is 5.22. The highest BCUT2D eigenvalue weighted by molar-refractivity contribution is 7.92. The van der Waals surface area contributed by atoms with Crippen LogP contribution in [0.1, 0.15) is 29.6 Å². The van der Waals surface area contributed by atoms with Gasteiger partial charge in [-0.05, 0) is 67.8 Å². The summed E-state index contributed by atoms with van der Waals surface area (Å²) in [5.41, 5.74) is 1.20. The van der Waals surface area contributed by atoms with Crippen LogP contribution in [0.3, 0.4) is 0 Å². The Hall–Kier alpha value is -3.10. The second-order valence-electron chi connectivity index (χ2n) is 7.52. The van der Waals surface area contributed by atoms with E-state index in [-0.39, 0.29) is 16.5 Å². The van der Waals surface area contributed by atoms with Gasteiger partial charge in [0, 0.05) is 18.7 Å². The second-order valence-corrected chi connectivity index (χ2v) is 9.61. The minimum absolute atomic E-state index is 0.0292. The zero-order chi connectivity index (χ0) is 22.6. The first kappa shape index (κ1) is 22.1. The maximum absolute atomic E-state index is 12.6. The average Bonchev–Trinajstić information content (AvgIpc) is 2.81. The minimum atomic E-state index is -3.83. The summed E-state index contributed by atoms with van der Waals surface area (Å²) in [6, 6.07) is 16.0. The van der Waals surface area contributed by atoms with Gasteiger partial charge in [-0.15, -0.1) is 0 Å². The summed E-state index contributed by atoms with van der Waals surface area (Å²) in [5.74, 6) is 0.559. The fourth-order valence-electron chi connectivity index (χ4n) is 3.51. The van der Waals surface area contributed by atoms with Crippen molar-refractivity contribution in [1.29, 1.82) is 0 Å². The molecule has 1 aliphatic rings. The Morgan fingerprint density at radius 2 is 1.66 bits per heavy atom. The molecule has 4 rings (SSSR count). The number of carbonyl (C=O) groups excluding carboxylic acids is 1. The summed E-state index contributed by atoms with van der Waals surface area (Å²) < 4.78 is 27.7.